The van der Waals surface area contributed by atoms with Crippen LogP contribution in [0.25, 0.3) is 5.57 Å². The molecule has 1 aromatic carbocycles. The molecule has 0 radical (unpaired) electrons. The summed E-state index contributed by atoms with van der Waals surface area (Å²) in [6.07, 6.45) is 4.13. The van der Waals surface area contributed by atoms with E-state index in [4.69, 9.17) is 11.6 Å². The van der Waals surface area contributed by atoms with Gasteiger partial charge in [-0.05, 0) is 18.1 Å². The van der Waals surface area contributed by atoms with Crippen LogP contribution in [0.2, 0.25) is 0 Å². The molecule has 2 unspecified atom stereocenters. The number of rotatable bonds is 1. The monoisotopic (exact) mass is 296 g/mol. The van der Waals surface area contributed by atoms with E-state index in [1.54, 1.807) is 0 Å². The summed E-state index contributed by atoms with van der Waals surface area (Å²) in [6, 6.07) is 10.4. The van der Waals surface area contributed by atoms with Gasteiger partial charge in [0.1, 0.15) is 3.78 Å². The van der Waals surface area contributed by atoms with E-state index >= 15 is 0 Å². The molecular formula is C14H14BrCl. The SMILES string of the molecule is CC1=C(c2ccccc2)C=CC(Cl)(Br)C1C. The molecule has 0 aliphatic heterocycles. The fourth-order valence-electron chi connectivity index (χ4n) is 1.93. The molecule has 0 nitrogen and oxygen atoms in total. The highest BCUT2D eigenvalue weighted by Gasteiger charge is 2.33. The molecule has 0 saturated heterocycles. The predicted molar refractivity (Wildman–Crippen MR) is 74.9 cm³/mol. The van der Waals surface area contributed by atoms with Crippen molar-refractivity contribution in [1.29, 1.82) is 0 Å². The van der Waals surface area contributed by atoms with Crippen molar-refractivity contribution in [3.05, 3.63) is 53.6 Å². The first-order valence-corrected chi connectivity index (χ1v) is 6.52. The van der Waals surface area contributed by atoms with Crippen molar-refractivity contribution in [3.8, 4) is 0 Å². The molecule has 0 spiro atoms. The molecule has 2 atom stereocenters. The fraction of sp³-hybridized carbons (Fsp3) is 0.286. The molecule has 0 bridgehead atoms. The van der Waals surface area contributed by atoms with Crippen molar-refractivity contribution in [2.75, 3.05) is 0 Å². The minimum Gasteiger partial charge on any atom is -0.101 e. The van der Waals surface area contributed by atoms with E-state index < -0.39 is 3.78 Å². The smallest absolute Gasteiger partial charge is 0.101 e. The molecule has 16 heavy (non-hydrogen) atoms. The van der Waals surface area contributed by atoms with Gasteiger partial charge in [0.15, 0.2) is 0 Å². The average molecular weight is 298 g/mol. The van der Waals surface area contributed by atoms with Crippen LogP contribution < -0.4 is 0 Å². The van der Waals surface area contributed by atoms with Crippen molar-refractivity contribution >= 4 is 33.1 Å². The zero-order chi connectivity index (χ0) is 11.8. The Morgan fingerprint density at radius 3 is 2.50 bits per heavy atom. The summed E-state index contributed by atoms with van der Waals surface area (Å²) in [5.74, 6) is 0.286. The molecule has 2 rings (SSSR count). The Labute approximate surface area is 110 Å². The van der Waals surface area contributed by atoms with Crippen molar-refractivity contribution in [2.24, 2.45) is 5.92 Å². The van der Waals surface area contributed by atoms with Crippen molar-refractivity contribution in [3.63, 3.8) is 0 Å². The fourth-order valence-corrected chi connectivity index (χ4v) is 2.64. The number of hydrogen-bond acceptors (Lipinski definition) is 0. The van der Waals surface area contributed by atoms with Crippen LogP contribution in [0.15, 0.2) is 48.1 Å². The third-order valence-electron chi connectivity index (χ3n) is 3.21. The first-order valence-electron chi connectivity index (χ1n) is 5.35. The van der Waals surface area contributed by atoms with Gasteiger partial charge in [-0.25, -0.2) is 0 Å². The van der Waals surface area contributed by atoms with Gasteiger partial charge in [-0.15, -0.1) is 11.6 Å². The lowest BCUT2D eigenvalue weighted by Gasteiger charge is -2.30. The number of halogens is 2. The highest BCUT2D eigenvalue weighted by atomic mass is 79.9. The zero-order valence-electron chi connectivity index (χ0n) is 9.37. The van der Waals surface area contributed by atoms with Gasteiger partial charge < -0.3 is 0 Å². The maximum atomic E-state index is 6.37. The van der Waals surface area contributed by atoms with Crippen LogP contribution in [0.1, 0.15) is 19.4 Å². The average Bonchev–Trinajstić information content (AvgIpc) is 2.27. The van der Waals surface area contributed by atoms with Crippen LogP contribution in [-0.4, -0.2) is 3.78 Å². The highest BCUT2D eigenvalue weighted by molar-refractivity contribution is 9.10. The lowest BCUT2D eigenvalue weighted by molar-refractivity contribution is 0.671. The van der Waals surface area contributed by atoms with Crippen LogP contribution in [0.4, 0.5) is 0 Å². The number of allylic oxidation sites excluding steroid dienone is 4. The first kappa shape index (κ1) is 11.9. The van der Waals surface area contributed by atoms with Gasteiger partial charge in [-0.3, -0.25) is 0 Å². The molecule has 1 aromatic rings. The normalized spacial score (nSPS) is 29.6. The minimum absolute atomic E-state index is 0.286. The van der Waals surface area contributed by atoms with Crippen molar-refractivity contribution in [1.82, 2.24) is 0 Å². The highest BCUT2D eigenvalue weighted by Crippen LogP contribution is 2.44. The molecule has 0 aromatic heterocycles. The third kappa shape index (κ3) is 2.11. The summed E-state index contributed by atoms with van der Waals surface area (Å²) in [5, 5.41) is 0. The molecular weight excluding hydrogens is 284 g/mol. The van der Waals surface area contributed by atoms with Crippen LogP contribution in [0.5, 0.6) is 0 Å². The topological polar surface area (TPSA) is 0 Å². The van der Waals surface area contributed by atoms with E-state index in [0.29, 0.717) is 0 Å². The van der Waals surface area contributed by atoms with Crippen molar-refractivity contribution < 1.29 is 0 Å². The van der Waals surface area contributed by atoms with Crippen LogP contribution >= 0.6 is 27.5 Å². The molecule has 0 fully saturated rings. The number of benzene rings is 1. The van der Waals surface area contributed by atoms with Crippen molar-refractivity contribution in [2.45, 2.75) is 17.6 Å². The number of hydrogen-bond donors (Lipinski definition) is 0. The lowest BCUT2D eigenvalue weighted by atomic mass is 9.86. The summed E-state index contributed by atoms with van der Waals surface area (Å²) in [6.45, 7) is 4.29. The van der Waals surface area contributed by atoms with Gasteiger partial charge in [-0.1, -0.05) is 70.9 Å². The summed E-state index contributed by atoms with van der Waals surface area (Å²) < 4.78 is -0.435. The Kier molecular flexibility index (Phi) is 3.27. The van der Waals surface area contributed by atoms with E-state index in [1.165, 1.54) is 16.7 Å². The van der Waals surface area contributed by atoms with Gasteiger partial charge in [0.25, 0.3) is 0 Å². The largest absolute Gasteiger partial charge is 0.124 e. The standard InChI is InChI=1S/C14H14BrCl/c1-10-11(2)14(15,16)9-8-13(10)12-6-4-3-5-7-12/h3-9,11H,1-2H3. The zero-order valence-corrected chi connectivity index (χ0v) is 11.7. The Balaban J connectivity index is 2.45. The molecule has 0 heterocycles. The summed E-state index contributed by atoms with van der Waals surface area (Å²) in [4.78, 5) is 0. The quantitative estimate of drug-likeness (QED) is 0.640. The number of alkyl halides is 2. The predicted octanol–water partition coefficient (Wildman–Crippen LogP) is 5.00. The Morgan fingerprint density at radius 2 is 1.88 bits per heavy atom. The van der Waals surface area contributed by atoms with Gasteiger partial charge in [0, 0.05) is 5.92 Å². The molecule has 2 heteroatoms. The van der Waals surface area contributed by atoms with E-state index in [9.17, 15) is 0 Å². The molecule has 0 amide bonds. The third-order valence-corrected chi connectivity index (χ3v) is 4.61. The van der Waals surface area contributed by atoms with Gasteiger partial charge in [0.2, 0.25) is 0 Å². The maximum Gasteiger partial charge on any atom is 0.124 e. The van der Waals surface area contributed by atoms with Gasteiger partial charge in [-0.2, -0.15) is 0 Å². The Hall–Kier alpha value is -0.530. The molecule has 0 saturated carbocycles. The summed E-state index contributed by atoms with van der Waals surface area (Å²) in [5.41, 5.74) is 3.85. The van der Waals surface area contributed by atoms with Crippen LogP contribution in [0, 0.1) is 5.92 Å². The summed E-state index contributed by atoms with van der Waals surface area (Å²) >= 11 is 9.91. The summed E-state index contributed by atoms with van der Waals surface area (Å²) in [7, 11) is 0. The molecule has 1 aliphatic rings. The molecule has 0 N–H and O–H groups in total. The van der Waals surface area contributed by atoms with Gasteiger partial charge >= 0.3 is 0 Å². The molecule has 84 valence electrons. The van der Waals surface area contributed by atoms with E-state index in [1.807, 2.05) is 12.1 Å². The first-order chi connectivity index (χ1) is 7.52. The van der Waals surface area contributed by atoms with Gasteiger partial charge in [0.05, 0.1) is 0 Å². The Morgan fingerprint density at radius 1 is 1.25 bits per heavy atom. The maximum absolute atomic E-state index is 6.37. The minimum atomic E-state index is -0.435. The second kappa shape index (κ2) is 4.38. The Bertz CT molecular complexity index is 443. The van der Waals surface area contributed by atoms with Crippen LogP contribution in [-0.2, 0) is 0 Å². The lowest BCUT2D eigenvalue weighted by Crippen LogP contribution is -2.24. The van der Waals surface area contributed by atoms with E-state index in [-0.39, 0.29) is 5.92 Å². The van der Waals surface area contributed by atoms with E-state index in [2.05, 4.69) is 60.1 Å². The van der Waals surface area contributed by atoms with E-state index in [0.717, 1.165) is 0 Å². The molecule has 1 aliphatic carbocycles. The second-order valence-electron chi connectivity index (χ2n) is 4.19. The second-order valence-corrected chi connectivity index (χ2v) is 6.59. The van der Waals surface area contributed by atoms with Crippen LogP contribution in [0.3, 0.4) is 0 Å².